The van der Waals surface area contributed by atoms with Gasteiger partial charge in [-0.3, -0.25) is 9.36 Å². The molecule has 0 unspecified atom stereocenters. The second kappa shape index (κ2) is 12.3. The van der Waals surface area contributed by atoms with Crippen LogP contribution in [-0.2, 0) is 16.1 Å². The molecule has 0 saturated carbocycles. The van der Waals surface area contributed by atoms with Crippen LogP contribution >= 0.6 is 27.3 Å². The molecule has 41 heavy (non-hydrogen) atoms. The number of hydrogen-bond donors (Lipinski definition) is 0. The fraction of sp³-hybridized carbons (Fsp3) is 0.219. The van der Waals surface area contributed by atoms with E-state index in [1.165, 1.54) is 18.4 Å². The van der Waals surface area contributed by atoms with Crippen LogP contribution in [-0.4, -0.2) is 24.8 Å². The van der Waals surface area contributed by atoms with Gasteiger partial charge in [0.25, 0.3) is 5.56 Å². The third-order valence-electron chi connectivity index (χ3n) is 6.78. The molecule has 2 heterocycles. The van der Waals surface area contributed by atoms with E-state index >= 15 is 0 Å². The molecule has 5 rings (SSSR count). The maximum absolute atomic E-state index is 13.9. The van der Waals surface area contributed by atoms with Gasteiger partial charge in [-0.05, 0) is 64.2 Å². The highest BCUT2D eigenvalue weighted by atomic mass is 79.9. The van der Waals surface area contributed by atoms with E-state index in [1.54, 1.807) is 17.8 Å². The average molecular weight is 634 g/mol. The number of rotatable bonds is 8. The lowest BCUT2D eigenvalue weighted by atomic mass is 9.95. The topological polar surface area (TPSA) is 79.1 Å². The second-order valence-corrected chi connectivity index (χ2v) is 11.4. The van der Waals surface area contributed by atoms with E-state index in [1.807, 2.05) is 74.5 Å². The Morgan fingerprint density at radius 2 is 1.88 bits per heavy atom. The first kappa shape index (κ1) is 28.6. The van der Waals surface area contributed by atoms with Crippen LogP contribution in [0.2, 0.25) is 0 Å². The zero-order valence-electron chi connectivity index (χ0n) is 23.1. The molecule has 0 bridgehead atoms. The monoisotopic (exact) mass is 632 g/mol. The molecule has 1 aliphatic rings. The zero-order valence-corrected chi connectivity index (χ0v) is 25.5. The summed E-state index contributed by atoms with van der Waals surface area (Å²) in [6, 6.07) is 20.7. The van der Waals surface area contributed by atoms with Crippen molar-refractivity contribution in [3.63, 3.8) is 0 Å². The van der Waals surface area contributed by atoms with E-state index in [0.29, 0.717) is 49.6 Å². The predicted molar refractivity (Wildman–Crippen MR) is 163 cm³/mol. The number of halogens is 1. The van der Waals surface area contributed by atoms with Crippen molar-refractivity contribution in [1.29, 1.82) is 0 Å². The summed E-state index contributed by atoms with van der Waals surface area (Å²) in [6.45, 7) is 4.36. The molecule has 0 fully saturated rings. The van der Waals surface area contributed by atoms with E-state index in [9.17, 15) is 9.59 Å². The van der Waals surface area contributed by atoms with Crippen LogP contribution in [0.25, 0.3) is 6.08 Å². The van der Waals surface area contributed by atoms with E-state index in [0.717, 1.165) is 22.3 Å². The van der Waals surface area contributed by atoms with Gasteiger partial charge in [-0.2, -0.15) is 0 Å². The average Bonchev–Trinajstić information content (AvgIpc) is 3.29. The van der Waals surface area contributed by atoms with Gasteiger partial charge in [0.05, 0.1) is 40.5 Å². The molecule has 0 aliphatic carbocycles. The summed E-state index contributed by atoms with van der Waals surface area (Å²) >= 11 is 4.91. The summed E-state index contributed by atoms with van der Waals surface area (Å²) in [5.41, 5.74) is 4.51. The minimum atomic E-state index is -0.643. The van der Waals surface area contributed by atoms with E-state index < -0.39 is 12.0 Å². The van der Waals surface area contributed by atoms with Gasteiger partial charge in [0.1, 0.15) is 6.61 Å². The van der Waals surface area contributed by atoms with Crippen LogP contribution in [0.15, 0.2) is 92.3 Å². The number of fused-ring (bicyclic) bond motifs is 1. The van der Waals surface area contributed by atoms with Gasteiger partial charge >= 0.3 is 5.97 Å². The van der Waals surface area contributed by atoms with Gasteiger partial charge in [0.2, 0.25) is 0 Å². The van der Waals surface area contributed by atoms with Crippen molar-refractivity contribution in [3.8, 4) is 11.5 Å². The number of thiazole rings is 1. The molecule has 1 aromatic heterocycles. The first-order valence-electron chi connectivity index (χ1n) is 13.1. The summed E-state index contributed by atoms with van der Waals surface area (Å²) in [5.74, 6) is 0.616. The minimum absolute atomic E-state index is 0.242. The molecule has 1 atom stereocenters. The highest BCUT2D eigenvalue weighted by molar-refractivity contribution is 9.10. The molecule has 3 aromatic carbocycles. The third-order valence-corrected chi connectivity index (χ3v) is 8.35. The zero-order chi connectivity index (χ0) is 29.1. The largest absolute Gasteiger partial charge is 0.493 e. The van der Waals surface area contributed by atoms with Gasteiger partial charge in [-0.1, -0.05) is 78.4 Å². The lowest BCUT2D eigenvalue weighted by molar-refractivity contribution is -0.136. The summed E-state index contributed by atoms with van der Waals surface area (Å²) in [6.07, 6.45) is 2.32. The first-order chi connectivity index (χ1) is 19.8. The maximum atomic E-state index is 13.9. The minimum Gasteiger partial charge on any atom is -0.493 e. The second-order valence-electron chi connectivity index (χ2n) is 9.51. The SMILES string of the molecule is CCC1=C(C(=O)OC)[C@H](c2ccccc2)n2c(s/c(=C\c3cc(Br)c(OCc4cccc(C)c4)c(OC)c3)c2=O)=N1. The number of hydrogen-bond acceptors (Lipinski definition) is 7. The summed E-state index contributed by atoms with van der Waals surface area (Å²) < 4.78 is 19.7. The predicted octanol–water partition coefficient (Wildman–Crippen LogP) is 5.46. The molecule has 9 heteroatoms. The van der Waals surface area contributed by atoms with E-state index in [2.05, 4.69) is 22.0 Å². The number of aromatic nitrogens is 1. The Bertz CT molecular complexity index is 1820. The molecule has 1 aliphatic heterocycles. The van der Waals surface area contributed by atoms with Crippen molar-refractivity contribution >= 4 is 39.3 Å². The number of aryl methyl sites for hydroxylation is 1. The lowest BCUT2D eigenvalue weighted by Crippen LogP contribution is -2.40. The van der Waals surface area contributed by atoms with Crippen LogP contribution < -0.4 is 24.4 Å². The Balaban J connectivity index is 1.59. The Kier molecular flexibility index (Phi) is 8.56. The normalized spacial score (nSPS) is 14.9. The quantitative estimate of drug-likeness (QED) is 0.241. The molecular formula is C32H29BrN2O5S. The summed E-state index contributed by atoms with van der Waals surface area (Å²) in [7, 11) is 2.93. The number of benzene rings is 3. The van der Waals surface area contributed by atoms with Crippen LogP contribution in [0, 0.1) is 6.92 Å². The molecule has 0 spiro atoms. The number of allylic oxidation sites excluding steroid dienone is 1. The molecule has 210 valence electrons. The number of ether oxygens (including phenoxy) is 3. The third kappa shape index (κ3) is 5.78. The van der Waals surface area contributed by atoms with E-state index in [4.69, 9.17) is 19.2 Å². The van der Waals surface area contributed by atoms with Crippen molar-refractivity contribution in [3.05, 3.63) is 124 Å². The highest BCUT2D eigenvalue weighted by Crippen LogP contribution is 2.37. The standard InChI is InChI=1S/C32H29BrN2O5S/c1-5-24-27(31(37)39-4)28(22-12-7-6-8-13-22)35-30(36)26(41-32(35)34-24)17-21-15-23(33)29(25(16-21)38-3)40-18-20-11-9-10-19(2)14-20/h6-17,28H,5,18H2,1-4H3/b26-17-/t28-/m0/s1. The Labute approximate surface area is 250 Å². The van der Waals surface area contributed by atoms with Gasteiger partial charge in [-0.25, -0.2) is 9.79 Å². The van der Waals surface area contributed by atoms with Crippen LogP contribution in [0.1, 0.15) is 41.6 Å². The van der Waals surface area contributed by atoms with Crippen molar-refractivity contribution in [2.75, 3.05) is 14.2 Å². The molecule has 4 aromatic rings. The number of esters is 1. The molecule has 0 radical (unpaired) electrons. The molecule has 0 saturated heterocycles. The summed E-state index contributed by atoms with van der Waals surface area (Å²) in [5, 5.41) is 0. The van der Waals surface area contributed by atoms with Crippen LogP contribution in [0.3, 0.4) is 0 Å². The van der Waals surface area contributed by atoms with E-state index in [-0.39, 0.29) is 5.56 Å². The molecule has 7 nitrogen and oxygen atoms in total. The van der Waals surface area contributed by atoms with Gasteiger partial charge < -0.3 is 14.2 Å². The summed E-state index contributed by atoms with van der Waals surface area (Å²) in [4.78, 5) is 32.1. The van der Waals surface area contributed by atoms with Crippen molar-refractivity contribution in [2.24, 2.45) is 4.99 Å². The number of carbonyl (C=O) groups excluding carboxylic acids is 1. The number of carbonyl (C=O) groups is 1. The van der Waals surface area contributed by atoms with Crippen LogP contribution in [0.4, 0.5) is 0 Å². The number of nitrogens with zero attached hydrogens (tertiary/aromatic N) is 2. The smallest absolute Gasteiger partial charge is 0.338 e. The fourth-order valence-corrected chi connectivity index (χ4v) is 6.48. The maximum Gasteiger partial charge on any atom is 0.338 e. The first-order valence-corrected chi connectivity index (χ1v) is 14.7. The van der Waals surface area contributed by atoms with Gasteiger partial charge in [0, 0.05) is 0 Å². The van der Waals surface area contributed by atoms with Crippen molar-refractivity contribution in [2.45, 2.75) is 32.9 Å². The molecule has 0 amide bonds. The molecular weight excluding hydrogens is 604 g/mol. The fourth-order valence-electron chi connectivity index (χ4n) is 4.89. The lowest BCUT2D eigenvalue weighted by Gasteiger charge is -2.25. The number of methoxy groups -OCH3 is 2. The highest BCUT2D eigenvalue weighted by Gasteiger charge is 2.33. The molecule has 0 N–H and O–H groups in total. The van der Waals surface area contributed by atoms with Gasteiger partial charge in [0.15, 0.2) is 16.3 Å². The van der Waals surface area contributed by atoms with Crippen LogP contribution in [0.5, 0.6) is 11.5 Å². The Morgan fingerprint density at radius 3 is 2.56 bits per heavy atom. The Morgan fingerprint density at radius 1 is 1.10 bits per heavy atom. The van der Waals surface area contributed by atoms with Gasteiger partial charge in [-0.15, -0.1) is 0 Å². The Hall–Kier alpha value is -3.95. The van der Waals surface area contributed by atoms with Crippen molar-refractivity contribution in [1.82, 2.24) is 4.57 Å². The van der Waals surface area contributed by atoms with Crippen molar-refractivity contribution < 1.29 is 19.0 Å².